The highest BCUT2D eigenvalue weighted by Crippen LogP contribution is 2.27. The zero-order valence-corrected chi connectivity index (χ0v) is 14.2. The minimum Gasteiger partial charge on any atom is -0.426 e. The molecule has 0 saturated heterocycles. The van der Waals surface area contributed by atoms with Crippen molar-refractivity contribution >= 4 is 44.5 Å². The van der Waals surface area contributed by atoms with Crippen molar-refractivity contribution in [1.82, 2.24) is 0 Å². The number of rotatable bonds is 4. The maximum Gasteiger partial charge on any atom is 0.341 e. The number of benzene rings is 2. The maximum absolute atomic E-state index is 10.1. The third-order valence-electron chi connectivity index (χ3n) is 4.35. The molecule has 1 aromatic heterocycles. The average molecular weight is 311 g/mol. The van der Waals surface area contributed by atoms with Crippen LogP contribution in [0.2, 0.25) is 0 Å². The van der Waals surface area contributed by atoms with Crippen LogP contribution in [-0.4, -0.2) is 23.8 Å². The van der Waals surface area contributed by atoms with Crippen LogP contribution in [0.4, 0.5) is 0 Å². The van der Waals surface area contributed by atoms with Crippen LogP contribution in [0.15, 0.2) is 42.5 Å². The highest BCUT2D eigenvalue weighted by Gasteiger charge is 2.35. The molecule has 0 bridgehead atoms. The minimum atomic E-state index is -0.908. The van der Waals surface area contributed by atoms with Crippen LogP contribution in [0.3, 0.4) is 0 Å². The Bertz CT molecular complexity index is 762. The molecule has 0 unspecified atom stereocenters. The van der Waals surface area contributed by atoms with Gasteiger partial charge in [0.15, 0.2) is 0 Å². The van der Waals surface area contributed by atoms with Crippen LogP contribution in [0.25, 0.3) is 20.9 Å². The third kappa shape index (κ3) is 2.91. The Morgan fingerprint density at radius 3 is 2.23 bits per heavy atom. The van der Waals surface area contributed by atoms with Gasteiger partial charge in [0.05, 0.1) is 11.2 Å². The summed E-state index contributed by atoms with van der Waals surface area (Å²) in [6.07, 6.45) is 0. The zero-order valence-electron chi connectivity index (χ0n) is 13.4. The Labute approximate surface area is 136 Å². The molecule has 1 N–H and O–H groups in total. The van der Waals surface area contributed by atoms with Gasteiger partial charge in [0, 0.05) is 9.48 Å². The van der Waals surface area contributed by atoms with Crippen LogP contribution < -0.4 is 4.78 Å². The summed E-state index contributed by atoms with van der Waals surface area (Å²) >= 11 is 1.70. The Balaban J connectivity index is 1.88. The highest BCUT2D eigenvalue weighted by atomic mass is 32.1. The van der Waals surface area contributed by atoms with Crippen LogP contribution in [0.5, 0.6) is 0 Å². The Hall–Kier alpha value is -1.36. The number of aliphatic hydroxyl groups is 1. The smallest absolute Gasteiger partial charge is 0.341 e. The molecule has 0 aliphatic rings. The quantitative estimate of drug-likeness (QED) is 0.741. The van der Waals surface area contributed by atoms with E-state index in [1.807, 2.05) is 13.8 Å². The molecule has 0 amide bonds. The SMILES string of the molecule is CC(C)(O)C(C)(C)O[B]c1cc2cc3ccccc3cc2s1. The van der Waals surface area contributed by atoms with Crippen LogP contribution in [0, 0.1) is 0 Å². The average Bonchev–Trinajstić information content (AvgIpc) is 2.83. The number of hydrogen-bond acceptors (Lipinski definition) is 3. The number of fused-ring (bicyclic) bond motifs is 2. The van der Waals surface area contributed by atoms with Gasteiger partial charge in [-0.25, -0.2) is 0 Å². The van der Waals surface area contributed by atoms with Gasteiger partial charge in [-0.15, -0.1) is 11.3 Å². The minimum absolute atomic E-state index is 0.645. The lowest BCUT2D eigenvalue weighted by molar-refractivity contribution is -0.0892. The Kier molecular flexibility index (Phi) is 3.80. The highest BCUT2D eigenvalue weighted by molar-refractivity contribution is 7.27. The zero-order chi connectivity index (χ0) is 16.0. The lowest BCUT2D eigenvalue weighted by Crippen LogP contribution is -2.49. The molecule has 3 aromatic rings. The first-order valence-electron chi connectivity index (χ1n) is 7.42. The Morgan fingerprint density at radius 1 is 0.955 bits per heavy atom. The van der Waals surface area contributed by atoms with Crippen molar-refractivity contribution < 1.29 is 9.76 Å². The number of hydrogen-bond donors (Lipinski definition) is 1. The predicted molar refractivity (Wildman–Crippen MR) is 96.2 cm³/mol. The molecular weight excluding hydrogens is 291 g/mol. The van der Waals surface area contributed by atoms with Gasteiger partial charge in [0.1, 0.15) is 0 Å². The molecule has 1 heterocycles. The van der Waals surface area contributed by atoms with Gasteiger partial charge >= 0.3 is 7.48 Å². The van der Waals surface area contributed by atoms with E-state index in [0.29, 0.717) is 0 Å². The second-order valence-corrected chi connectivity index (χ2v) is 7.81. The number of thiophene rings is 1. The van der Waals surface area contributed by atoms with Crippen molar-refractivity contribution in [3.05, 3.63) is 42.5 Å². The lowest BCUT2D eigenvalue weighted by atomic mass is 9.86. The second-order valence-electron chi connectivity index (χ2n) is 6.69. The molecule has 0 spiro atoms. The monoisotopic (exact) mass is 311 g/mol. The predicted octanol–water partition coefficient (Wildman–Crippen LogP) is 3.87. The molecule has 4 heteroatoms. The summed E-state index contributed by atoms with van der Waals surface area (Å²) in [6, 6.07) is 14.9. The Morgan fingerprint density at radius 2 is 1.59 bits per heavy atom. The van der Waals surface area contributed by atoms with E-state index in [1.165, 1.54) is 20.9 Å². The molecule has 3 rings (SSSR count). The maximum atomic E-state index is 10.1. The van der Waals surface area contributed by atoms with Crippen LogP contribution in [0.1, 0.15) is 27.7 Å². The van der Waals surface area contributed by atoms with Gasteiger partial charge in [0.25, 0.3) is 0 Å². The van der Waals surface area contributed by atoms with E-state index in [9.17, 15) is 5.11 Å². The van der Waals surface area contributed by atoms with E-state index in [0.717, 1.165) is 4.78 Å². The molecule has 0 aliphatic carbocycles. The van der Waals surface area contributed by atoms with Crippen molar-refractivity contribution in [2.75, 3.05) is 0 Å². The molecule has 1 radical (unpaired) electrons. The van der Waals surface area contributed by atoms with Gasteiger partial charge in [-0.2, -0.15) is 0 Å². The van der Waals surface area contributed by atoms with Gasteiger partial charge < -0.3 is 9.76 Å². The summed E-state index contributed by atoms with van der Waals surface area (Å²) in [5.74, 6) is 0. The summed E-state index contributed by atoms with van der Waals surface area (Å²) in [7, 11) is 1.76. The van der Waals surface area contributed by atoms with Crippen molar-refractivity contribution in [3.8, 4) is 0 Å². The fourth-order valence-corrected chi connectivity index (χ4v) is 3.11. The largest absolute Gasteiger partial charge is 0.426 e. The van der Waals surface area contributed by atoms with E-state index in [-0.39, 0.29) is 0 Å². The normalized spacial score (nSPS) is 13.0. The molecule has 0 atom stereocenters. The van der Waals surface area contributed by atoms with Crippen LogP contribution in [-0.2, 0) is 4.65 Å². The molecule has 0 saturated carbocycles. The summed E-state index contributed by atoms with van der Waals surface area (Å²) in [4.78, 5) is 0. The van der Waals surface area contributed by atoms with E-state index < -0.39 is 11.2 Å². The molecule has 113 valence electrons. The molecule has 22 heavy (non-hydrogen) atoms. The van der Waals surface area contributed by atoms with Crippen molar-refractivity contribution in [3.63, 3.8) is 0 Å². The molecule has 2 aromatic carbocycles. The van der Waals surface area contributed by atoms with Gasteiger partial charge in [0.2, 0.25) is 0 Å². The topological polar surface area (TPSA) is 29.5 Å². The first-order chi connectivity index (χ1) is 10.3. The van der Waals surface area contributed by atoms with E-state index >= 15 is 0 Å². The van der Waals surface area contributed by atoms with Crippen molar-refractivity contribution in [1.29, 1.82) is 0 Å². The fraction of sp³-hybridized carbons (Fsp3) is 0.333. The van der Waals surface area contributed by atoms with Gasteiger partial charge in [-0.05, 0) is 62.1 Å². The summed E-state index contributed by atoms with van der Waals surface area (Å²) < 4.78 is 8.15. The van der Waals surface area contributed by atoms with Gasteiger partial charge in [-0.3, -0.25) is 0 Å². The third-order valence-corrected chi connectivity index (χ3v) is 5.37. The standard InChI is InChI=1S/C18H20BO2S/c1-17(2,20)18(3,4)21-19-16-11-14-9-12-7-5-6-8-13(12)10-15(14)22-16/h5-11,20H,1-4H3. The van der Waals surface area contributed by atoms with Crippen molar-refractivity contribution in [2.24, 2.45) is 0 Å². The summed E-state index contributed by atoms with van der Waals surface area (Å²) in [5.41, 5.74) is -1.55. The van der Waals surface area contributed by atoms with E-state index in [2.05, 4.69) is 42.5 Å². The summed E-state index contributed by atoms with van der Waals surface area (Å²) in [6.45, 7) is 7.31. The summed E-state index contributed by atoms with van der Waals surface area (Å²) in [5, 5.41) is 13.9. The first-order valence-corrected chi connectivity index (χ1v) is 8.24. The lowest BCUT2D eigenvalue weighted by Gasteiger charge is -2.37. The van der Waals surface area contributed by atoms with E-state index in [1.54, 1.807) is 32.7 Å². The molecule has 0 fully saturated rings. The fourth-order valence-electron chi connectivity index (χ4n) is 2.16. The molecular formula is C18H20BO2S. The van der Waals surface area contributed by atoms with Gasteiger partial charge in [-0.1, -0.05) is 24.3 Å². The van der Waals surface area contributed by atoms with Crippen LogP contribution >= 0.6 is 11.3 Å². The molecule has 2 nitrogen and oxygen atoms in total. The van der Waals surface area contributed by atoms with E-state index in [4.69, 9.17) is 4.65 Å². The van der Waals surface area contributed by atoms with Crippen molar-refractivity contribution in [2.45, 2.75) is 38.9 Å². The first kappa shape index (κ1) is 15.5. The molecule has 0 aliphatic heterocycles. The second kappa shape index (κ2) is 5.37.